The molecule has 2 aromatic rings. The van der Waals surface area contributed by atoms with E-state index < -0.39 is 0 Å². The van der Waals surface area contributed by atoms with Gasteiger partial charge in [0.15, 0.2) is 0 Å². The lowest BCUT2D eigenvalue weighted by Crippen LogP contribution is -1.87. The Kier molecular flexibility index (Phi) is 3.66. The van der Waals surface area contributed by atoms with E-state index >= 15 is 0 Å². The average Bonchev–Trinajstić information content (AvgIpc) is 2.25. The molecule has 0 N–H and O–H groups in total. The molecule has 2 rings (SSSR count). The van der Waals surface area contributed by atoms with Crippen molar-refractivity contribution in [1.82, 2.24) is 0 Å². The molecular formula is C13H10Br2O. The Hall–Kier alpha value is -0.800. The molecule has 0 heterocycles. The zero-order chi connectivity index (χ0) is 11.5. The van der Waals surface area contributed by atoms with E-state index in [1.165, 1.54) is 0 Å². The minimum absolute atomic E-state index is 0.841. The van der Waals surface area contributed by atoms with Gasteiger partial charge in [-0.2, -0.15) is 0 Å². The Bertz CT molecular complexity index is 492. The summed E-state index contributed by atoms with van der Waals surface area (Å²) in [5.74, 6) is 1.72. The number of halogens is 2. The zero-order valence-electron chi connectivity index (χ0n) is 8.71. The monoisotopic (exact) mass is 340 g/mol. The molecule has 0 unspecified atom stereocenters. The van der Waals surface area contributed by atoms with Crippen LogP contribution in [0.25, 0.3) is 0 Å². The topological polar surface area (TPSA) is 9.23 Å². The van der Waals surface area contributed by atoms with Crippen LogP contribution in [0.1, 0.15) is 5.56 Å². The molecule has 16 heavy (non-hydrogen) atoms. The first-order chi connectivity index (χ1) is 7.65. The molecule has 3 heteroatoms. The predicted octanol–water partition coefficient (Wildman–Crippen LogP) is 5.31. The number of hydrogen-bond donors (Lipinski definition) is 0. The second kappa shape index (κ2) is 5.02. The van der Waals surface area contributed by atoms with Gasteiger partial charge in [0.05, 0.1) is 0 Å². The lowest BCUT2D eigenvalue weighted by Gasteiger charge is -2.08. The summed E-state index contributed by atoms with van der Waals surface area (Å²) in [5, 5.41) is 0. The maximum atomic E-state index is 5.78. The lowest BCUT2D eigenvalue weighted by atomic mass is 10.2. The van der Waals surface area contributed by atoms with Crippen molar-refractivity contribution in [2.24, 2.45) is 0 Å². The number of rotatable bonds is 2. The highest BCUT2D eigenvalue weighted by Crippen LogP contribution is 2.28. The van der Waals surface area contributed by atoms with Crippen LogP contribution < -0.4 is 4.74 Å². The van der Waals surface area contributed by atoms with Gasteiger partial charge < -0.3 is 4.74 Å². The van der Waals surface area contributed by atoms with E-state index in [-0.39, 0.29) is 0 Å². The highest BCUT2D eigenvalue weighted by molar-refractivity contribution is 9.10. The maximum Gasteiger partial charge on any atom is 0.130 e. The van der Waals surface area contributed by atoms with Crippen LogP contribution in [-0.4, -0.2) is 0 Å². The van der Waals surface area contributed by atoms with E-state index in [2.05, 4.69) is 31.9 Å². The first kappa shape index (κ1) is 11.7. The summed E-state index contributed by atoms with van der Waals surface area (Å²) in [6.07, 6.45) is 0. The summed E-state index contributed by atoms with van der Waals surface area (Å²) in [6, 6.07) is 13.8. The summed E-state index contributed by atoms with van der Waals surface area (Å²) in [7, 11) is 0. The second-order valence-electron chi connectivity index (χ2n) is 3.47. The van der Waals surface area contributed by atoms with Gasteiger partial charge in [-0.05, 0) is 55.0 Å². The molecule has 0 bridgehead atoms. The molecule has 1 nitrogen and oxygen atoms in total. The molecule has 2 aromatic carbocycles. The fourth-order valence-electron chi connectivity index (χ4n) is 1.36. The van der Waals surface area contributed by atoms with E-state index in [0.29, 0.717) is 0 Å². The van der Waals surface area contributed by atoms with Crippen LogP contribution in [0, 0.1) is 6.92 Å². The highest BCUT2D eigenvalue weighted by atomic mass is 79.9. The van der Waals surface area contributed by atoms with Crippen molar-refractivity contribution < 1.29 is 4.74 Å². The normalized spacial score (nSPS) is 10.2. The van der Waals surface area contributed by atoms with Crippen molar-refractivity contribution >= 4 is 31.9 Å². The summed E-state index contributed by atoms with van der Waals surface area (Å²) >= 11 is 6.82. The van der Waals surface area contributed by atoms with E-state index in [1.807, 2.05) is 49.4 Å². The van der Waals surface area contributed by atoms with Crippen LogP contribution in [0.2, 0.25) is 0 Å². The molecule has 0 aliphatic carbocycles. The van der Waals surface area contributed by atoms with Gasteiger partial charge in [-0.25, -0.2) is 0 Å². The molecule has 0 atom stereocenters. The quantitative estimate of drug-likeness (QED) is 0.719. The fourth-order valence-corrected chi connectivity index (χ4v) is 2.10. The third-order valence-corrected chi connectivity index (χ3v) is 3.20. The smallest absolute Gasteiger partial charge is 0.130 e. The van der Waals surface area contributed by atoms with E-state index in [0.717, 1.165) is 26.0 Å². The number of ether oxygens (including phenoxy) is 1. The summed E-state index contributed by atoms with van der Waals surface area (Å²) < 4.78 is 7.89. The Morgan fingerprint density at radius 3 is 2.12 bits per heavy atom. The summed E-state index contributed by atoms with van der Waals surface area (Å²) in [4.78, 5) is 0. The van der Waals surface area contributed by atoms with Crippen molar-refractivity contribution in [2.75, 3.05) is 0 Å². The average molecular weight is 342 g/mol. The van der Waals surface area contributed by atoms with E-state index in [9.17, 15) is 0 Å². The van der Waals surface area contributed by atoms with Gasteiger partial charge in [0.1, 0.15) is 11.5 Å². The maximum absolute atomic E-state index is 5.78. The number of benzene rings is 2. The standard InChI is InChI=1S/C13H10Br2O/c1-9-8-11(15)4-7-13(9)16-12-5-2-10(14)3-6-12/h2-8H,1H3. The Morgan fingerprint density at radius 2 is 1.50 bits per heavy atom. The van der Waals surface area contributed by atoms with Crippen LogP contribution in [0.4, 0.5) is 0 Å². The van der Waals surface area contributed by atoms with Crippen molar-refractivity contribution in [1.29, 1.82) is 0 Å². The molecule has 0 saturated carbocycles. The third-order valence-electron chi connectivity index (χ3n) is 2.18. The molecule has 0 spiro atoms. The van der Waals surface area contributed by atoms with Crippen LogP contribution >= 0.6 is 31.9 Å². The lowest BCUT2D eigenvalue weighted by molar-refractivity contribution is 0.478. The van der Waals surface area contributed by atoms with Crippen LogP contribution in [0.3, 0.4) is 0 Å². The molecule has 0 radical (unpaired) electrons. The van der Waals surface area contributed by atoms with Crippen LogP contribution in [-0.2, 0) is 0 Å². The molecule has 82 valence electrons. The van der Waals surface area contributed by atoms with Gasteiger partial charge in [0, 0.05) is 8.95 Å². The Labute approximate surface area is 112 Å². The first-order valence-electron chi connectivity index (χ1n) is 4.85. The van der Waals surface area contributed by atoms with Crippen molar-refractivity contribution in [2.45, 2.75) is 6.92 Å². The van der Waals surface area contributed by atoms with Gasteiger partial charge in [-0.3, -0.25) is 0 Å². The Morgan fingerprint density at radius 1 is 0.875 bits per heavy atom. The molecule has 0 aromatic heterocycles. The van der Waals surface area contributed by atoms with E-state index in [1.54, 1.807) is 0 Å². The van der Waals surface area contributed by atoms with Gasteiger partial charge >= 0.3 is 0 Å². The predicted molar refractivity (Wildman–Crippen MR) is 73.1 cm³/mol. The van der Waals surface area contributed by atoms with E-state index in [4.69, 9.17) is 4.74 Å². The number of aryl methyl sites for hydroxylation is 1. The van der Waals surface area contributed by atoms with Gasteiger partial charge in [0.2, 0.25) is 0 Å². The molecular weight excluding hydrogens is 332 g/mol. The SMILES string of the molecule is Cc1cc(Br)ccc1Oc1ccc(Br)cc1. The first-order valence-corrected chi connectivity index (χ1v) is 6.43. The van der Waals surface area contributed by atoms with Gasteiger partial charge in [0.25, 0.3) is 0 Å². The summed E-state index contributed by atoms with van der Waals surface area (Å²) in [6.45, 7) is 2.03. The summed E-state index contributed by atoms with van der Waals surface area (Å²) in [5.41, 5.74) is 1.11. The van der Waals surface area contributed by atoms with Crippen molar-refractivity contribution in [3.05, 3.63) is 57.0 Å². The van der Waals surface area contributed by atoms with Crippen LogP contribution in [0.5, 0.6) is 11.5 Å². The molecule has 0 saturated heterocycles. The largest absolute Gasteiger partial charge is 0.457 e. The van der Waals surface area contributed by atoms with Crippen LogP contribution in [0.15, 0.2) is 51.4 Å². The second-order valence-corrected chi connectivity index (χ2v) is 5.30. The molecule has 0 amide bonds. The fraction of sp³-hybridized carbons (Fsp3) is 0.0769. The molecule has 0 aliphatic rings. The number of hydrogen-bond acceptors (Lipinski definition) is 1. The highest BCUT2D eigenvalue weighted by Gasteiger charge is 2.01. The van der Waals surface area contributed by atoms with Gasteiger partial charge in [-0.1, -0.05) is 31.9 Å². The van der Waals surface area contributed by atoms with Gasteiger partial charge in [-0.15, -0.1) is 0 Å². The van der Waals surface area contributed by atoms with Crippen molar-refractivity contribution in [3.8, 4) is 11.5 Å². The zero-order valence-corrected chi connectivity index (χ0v) is 11.9. The van der Waals surface area contributed by atoms with Crippen molar-refractivity contribution in [3.63, 3.8) is 0 Å². The minimum atomic E-state index is 0.841. The third kappa shape index (κ3) is 2.86. The molecule has 0 fully saturated rings. The minimum Gasteiger partial charge on any atom is -0.457 e. The molecule has 0 aliphatic heterocycles. The Balaban J connectivity index is 2.23.